The van der Waals surface area contributed by atoms with Crippen LogP contribution in [0.4, 0.5) is 0 Å². The summed E-state index contributed by atoms with van der Waals surface area (Å²) in [4.78, 5) is 67.5. The molecule has 0 rings (SSSR count). The van der Waals surface area contributed by atoms with Gasteiger partial charge in [0.2, 0.25) is 6.79 Å². The van der Waals surface area contributed by atoms with Crippen molar-refractivity contribution in [3.05, 3.63) is 0 Å². The van der Waals surface area contributed by atoms with Gasteiger partial charge in [-0.2, -0.15) is 0 Å². The fourth-order valence-corrected chi connectivity index (χ4v) is 1.64. The molecule has 8 heteroatoms. The second-order valence-corrected chi connectivity index (χ2v) is 5.90. The zero-order valence-corrected chi connectivity index (χ0v) is 14.8. The van der Waals surface area contributed by atoms with Crippen molar-refractivity contribution in [3.8, 4) is 0 Å². The van der Waals surface area contributed by atoms with Gasteiger partial charge < -0.3 is 9.47 Å². The van der Waals surface area contributed by atoms with Gasteiger partial charge in [-0.05, 0) is 6.92 Å². The van der Waals surface area contributed by atoms with Crippen molar-refractivity contribution in [2.24, 2.45) is 5.92 Å². The smallest absolute Gasteiger partial charge is 0.309 e. The lowest BCUT2D eigenvalue weighted by Crippen LogP contribution is -2.16. The molecule has 0 atom stereocenters. The maximum absolute atomic E-state index is 11.5. The molecule has 25 heavy (non-hydrogen) atoms. The first-order chi connectivity index (χ1) is 11.6. The summed E-state index contributed by atoms with van der Waals surface area (Å²) in [7, 11) is 0. The van der Waals surface area contributed by atoms with Crippen LogP contribution in [-0.2, 0) is 38.2 Å². The Balaban J connectivity index is 3.83. The Morgan fingerprint density at radius 1 is 0.720 bits per heavy atom. The van der Waals surface area contributed by atoms with Gasteiger partial charge in [0.25, 0.3) is 0 Å². The number of ketones is 4. The number of ether oxygens (including phenoxy) is 2. The van der Waals surface area contributed by atoms with E-state index in [4.69, 9.17) is 0 Å². The molecule has 0 saturated carbocycles. The van der Waals surface area contributed by atoms with Crippen molar-refractivity contribution in [1.29, 1.82) is 0 Å². The Labute approximate surface area is 146 Å². The van der Waals surface area contributed by atoms with Crippen molar-refractivity contribution in [3.63, 3.8) is 0 Å². The van der Waals surface area contributed by atoms with E-state index in [1.807, 2.05) is 0 Å². The Bertz CT molecular complexity index is 533. The Hall–Kier alpha value is -2.38. The van der Waals surface area contributed by atoms with Gasteiger partial charge in [0, 0.05) is 18.8 Å². The van der Waals surface area contributed by atoms with Gasteiger partial charge in [-0.3, -0.25) is 28.8 Å². The number of hydrogen-bond acceptors (Lipinski definition) is 8. The van der Waals surface area contributed by atoms with Gasteiger partial charge in [0.15, 0.2) is 0 Å². The summed E-state index contributed by atoms with van der Waals surface area (Å²) < 4.78 is 9.24. The molecule has 0 spiro atoms. The van der Waals surface area contributed by atoms with Crippen LogP contribution in [0.2, 0.25) is 0 Å². The number of carbonyl (C=O) groups excluding carboxylic acids is 6. The predicted molar refractivity (Wildman–Crippen MR) is 85.3 cm³/mol. The van der Waals surface area contributed by atoms with Crippen LogP contribution in [0.3, 0.4) is 0 Å². The van der Waals surface area contributed by atoms with Crippen molar-refractivity contribution in [1.82, 2.24) is 0 Å². The number of esters is 2. The topological polar surface area (TPSA) is 121 Å². The molecule has 0 unspecified atom stereocenters. The summed E-state index contributed by atoms with van der Waals surface area (Å²) in [6.45, 7) is 4.04. The molecule has 0 bridgehead atoms. The van der Waals surface area contributed by atoms with E-state index in [1.165, 1.54) is 6.92 Å². The molecule has 140 valence electrons. The molecule has 0 N–H and O–H groups in total. The molecule has 0 aromatic heterocycles. The Morgan fingerprint density at radius 2 is 1.16 bits per heavy atom. The zero-order valence-electron chi connectivity index (χ0n) is 14.8. The SMILES string of the molecule is CC(=O)CC(=O)CCC(=O)OCOC(=O)CCC(=O)CC(=O)C(C)C. The first-order valence-corrected chi connectivity index (χ1v) is 7.98. The van der Waals surface area contributed by atoms with Gasteiger partial charge in [-0.1, -0.05) is 13.8 Å². The molecule has 8 nitrogen and oxygen atoms in total. The molecule has 0 aliphatic rings. The molecule has 0 aromatic carbocycles. The van der Waals surface area contributed by atoms with Gasteiger partial charge in [0.05, 0.1) is 25.7 Å². The third-order valence-electron chi connectivity index (χ3n) is 3.12. The van der Waals surface area contributed by atoms with E-state index in [0.29, 0.717) is 0 Å². The number of hydrogen-bond donors (Lipinski definition) is 0. The number of carbonyl (C=O) groups is 6. The first-order valence-electron chi connectivity index (χ1n) is 7.98. The molecule has 0 aliphatic heterocycles. The summed E-state index contributed by atoms with van der Waals surface area (Å²) in [6.07, 6.45) is -1.10. The van der Waals surface area contributed by atoms with Crippen molar-refractivity contribution >= 4 is 35.1 Å². The maximum atomic E-state index is 11.5. The van der Waals surface area contributed by atoms with E-state index in [2.05, 4.69) is 9.47 Å². The van der Waals surface area contributed by atoms with Gasteiger partial charge in [-0.25, -0.2) is 0 Å². The van der Waals surface area contributed by atoms with Crippen LogP contribution < -0.4 is 0 Å². The van der Waals surface area contributed by atoms with E-state index >= 15 is 0 Å². The second kappa shape index (κ2) is 12.0. The van der Waals surface area contributed by atoms with E-state index in [0.717, 1.165) is 0 Å². The van der Waals surface area contributed by atoms with Crippen LogP contribution in [-0.4, -0.2) is 41.9 Å². The highest BCUT2D eigenvalue weighted by atomic mass is 16.7. The molecular formula is C17H24O8. The molecule has 0 saturated heterocycles. The lowest BCUT2D eigenvalue weighted by atomic mass is 10.0. The van der Waals surface area contributed by atoms with Crippen LogP contribution in [0.25, 0.3) is 0 Å². The van der Waals surface area contributed by atoms with E-state index in [-0.39, 0.29) is 67.6 Å². The van der Waals surface area contributed by atoms with Crippen LogP contribution in [0.5, 0.6) is 0 Å². The average molecular weight is 356 g/mol. The third-order valence-corrected chi connectivity index (χ3v) is 3.12. The van der Waals surface area contributed by atoms with Crippen LogP contribution in [0.1, 0.15) is 59.3 Å². The van der Waals surface area contributed by atoms with E-state index < -0.39 is 18.7 Å². The summed E-state index contributed by atoms with van der Waals surface area (Å²) >= 11 is 0. The summed E-state index contributed by atoms with van der Waals surface area (Å²) in [5, 5.41) is 0. The van der Waals surface area contributed by atoms with Gasteiger partial charge >= 0.3 is 11.9 Å². The fourth-order valence-electron chi connectivity index (χ4n) is 1.64. The van der Waals surface area contributed by atoms with Crippen LogP contribution in [0.15, 0.2) is 0 Å². The lowest BCUT2D eigenvalue weighted by molar-refractivity contribution is -0.168. The van der Waals surface area contributed by atoms with Crippen LogP contribution in [0, 0.1) is 5.92 Å². The lowest BCUT2D eigenvalue weighted by Gasteiger charge is -2.06. The largest absolute Gasteiger partial charge is 0.428 e. The minimum absolute atomic E-state index is 0.120. The molecule has 0 heterocycles. The standard InChI is InChI=1S/C17H24O8/c1-11(2)15(21)9-14(20)5-7-17(23)25-10-24-16(22)6-4-13(19)8-12(3)18/h11H,4-10H2,1-3H3. The highest BCUT2D eigenvalue weighted by Crippen LogP contribution is 2.04. The minimum Gasteiger partial charge on any atom is -0.428 e. The van der Waals surface area contributed by atoms with Crippen molar-refractivity contribution < 1.29 is 38.2 Å². The second-order valence-electron chi connectivity index (χ2n) is 5.90. The molecular weight excluding hydrogens is 332 g/mol. The average Bonchev–Trinajstić information content (AvgIpc) is 2.50. The highest BCUT2D eigenvalue weighted by molar-refractivity contribution is 6.00. The molecule has 0 aromatic rings. The summed E-state index contributed by atoms with van der Waals surface area (Å²) in [5.41, 5.74) is 0. The molecule has 0 aliphatic carbocycles. The van der Waals surface area contributed by atoms with Crippen LogP contribution >= 0.6 is 0 Å². The zero-order chi connectivity index (χ0) is 19.4. The minimum atomic E-state index is -0.733. The fraction of sp³-hybridized carbons (Fsp3) is 0.647. The molecule has 0 amide bonds. The van der Waals surface area contributed by atoms with E-state index in [1.54, 1.807) is 13.8 Å². The molecule has 0 fully saturated rings. The summed E-state index contributed by atoms with van der Waals surface area (Å²) in [6, 6.07) is 0. The monoisotopic (exact) mass is 356 g/mol. The molecule has 0 radical (unpaired) electrons. The summed E-state index contributed by atoms with van der Waals surface area (Å²) in [5.74, 6) is -2.89. The van der Waals surface area contributed by atoms with Crippen molar-refractivity contribution in [2.45, 2.75) is 59.3 Å². The van der Waals surface area contributed by atoms with Crippen molar-refractivity contribution in [2.75, 3.05) is 6.79 Å². The van der Waals surface area contributed by atoms with Gasteiger partial charge in [-0.15, -0.1) is 0 Å². The predicted octanol–water partition coefficient (Wildman–Crippen LogP) is 1.32. The highest BCUT2D eigenvalue weighted by Gasteiger charge is 2.15. The van der Waals surface area contributed by atoms with E-state index in [9.17, 15) is 28.8 Å². The Morgan fingerprint density at radius 3 is 1.56 bits per heavy atom. The number of Topliss-reactive ketones (excluding diaryl/α,β-unsaturated/α-hetero) is 4. The Kier molecular flexibility index (Phi) is 10.9. The third kappa shape index (κ3) is 12.7. The first kappa shape index (κ1) is 22.6. The normalized spacial score (nSPS) is 10.2. The van der Waals surface area contributed by atoms with Gasteiger partial charge in [0.1, 0.15) is 23.1 Å². The number of rotatable bonds is 13. The quantitative estimate of drug-likeness (QED) is 0.275. The maximum Gasteiger partial charge on any atom is 0.309 e.